The number of hydrogen-bond acceptors (Lipinski definition) is 3. The molecule has 0 fully saturated rings. The van der Waals surface area contributed by atoms with Crippen LogP contribution < -0.4 is 5.43 Å². The van der Waals surface area contributed by atoms with Gasteiger partial charge < -0.3 is 9.72 Å². The van der Waals surface area contributed by atoms with Crippen molar-refractivity contribution in [3.8, 4) is 0 Å². The average Bonchev–Trinajstić information content (AvgIpc) is 2.66. The second kappa shape index (κ2) is 7.79. The van der Waals surface area contributed by atoms with Crippen molar-refractivity contribution in [2.24, 2.45) is 0 Å². The molecule has 4 nitrogen and oxygen atoms in total. The molecule has 0 saturated carbocycles. The van der Waals surface area contributed by atoms with E-state index in [4.69, 9.17) is 4.74 Å². The fourth-order valence-electron chi connectivity index (χ4n) is 2.83. The third-order valence-corrected chi connectivity index (χ3v) is 4.25. The van der Waals surface area contributed by atoms with Gasteiger partial charge in [0.1, 0.15) is 6.61 Å². The van der Waals surface area contributed by atoms with Gasteiger partial charge in [-0.1, -0.05) is 43.7 Å². The van der Waals surface area contributed by atoms with Gasteiger partial charge in [-0.2, -0.15) is 0 Å². The number of H-pyrrole nitrogens is 1. The summed E-state index contributed by atoms with van der Waals surface area (Å²) in [6.45, 7) is 2.23. The van der Waals surface area contributed by atoms with E-state index in [9.17, 15) is 9.59 Å². The summed E-state index contributed by atoms with van der Waals surface area (Å²) in [4.78, 5) is 27.9. The zero-order valence-corrected chi connectivity index (χ0v) is 14.2. The SMILES string of the molecule is CCCCc1c[nH]c2c(COC(=O)c3ccccc3)cccc2c1=O. The quantitative estimate of drug-likeness (QED) is 0.686. The van der Waals surface area contributed by atoms with Crippen LogP contribution in [0.1, 0.15) is 41.3 Å². The van der Waals surface area contributed by atoms with Crippen molar-refractivity contribution in [3.63, 3.8) is 0 Å². The minimum Gasteiger partial charge on any atom is -0.457 e. The zero-order chi connectivity index (χ0) is 17.6. The van der Waals surface area contributed by atoms with Crippen molar-refractivity contribution in [2.45, 2.75) is 32.8 Å². The molecule has 1 aromatic heterocycles. The smallest absolute Gasteiger partial charge is 0.338 e. The van der Waals surface area contributed by atoms with Crippen molar-refractivity contribution in [1.29, 1.82) is 0 Å². The number of nitrogens with one attached hydrogen (secondary N) is 1. The molecule has 25 heavy (non-hydrogen) atoms. The third kappa shape index (κ3) is 3.79. The minimum atomic E-state index is -0.375. The molecule has 0 saturated heterocycles. The maximum atomic E-state index is 12.6. The molecular weight excluding hydrogens is 314 g/mol. The monoisotopic (exact) mass is 335 g/mol. The maximum absolute atomic E-state index is 12.6. The fraction of sp³-hybridized carbons (Fsp3) is 0.238. The summed E-state index contributed by atoms with van der Waals surface area (Å²) < 4.78 is 5.40. The number of aromatic amines is 1. The van der Waals surface area contributed by atoms with Gasteiger partial charge in [0.25, 0.3) is 0 Å². The first-order valence-electron chi connectivity index (χ1n) is 8.55. The van der Waals surface area contributed by atoms with Crippen LogP contribution in [0.25, 0.3) is 10.9 Å². The molecule has 4 heteroatoms. The molecule has 3 rings (SSSR count). The number of fused-ring (bicyclic) bond motifs is 1. The molecule has 0 aliphatic carbocycles. The predicted molar refractivity (Wildman–Crippen MR) is 98.7 cm³/mol. The third-order valence-electron chi connectivity index (χ3n) is 4.25. The molecule has 1 N–H and O–H groups in total. The van der Waals surface area contributed by atoms with Crippen LogP contribution in [0.4, 0.5) is 0 Å². The Hall–Kier alpha value is -2.88. The number of carbonyl (C=O) groups is 1. The van der Waals surface area contributed by atoms with Crippen LogP contribution in [0.5, 0.6) is 0 Å². The first kappa shape index (κ1) is 17.0. The number of hydrogen-bond donors (Lipinski definition) is 1. The number of esters is 1. The highest BCUT2D eigenvalue weighted by Gasteiger charge is 2.11. The molecule has 0 atom stereocenters. The van der Waals surface area contributed by atoms with Gasteiger partial charge in [0.15, 0.2) is 5.43 Å². The van der Waals surface area contributed by atoms with E-state index in [-0.39, 0.29) is 18.0 Å². The van der Waals surface area contributed by atoms with Gasteiger partial charge in [-0.15, -0.1) is 0 Å². The Morgan fingerprint density at radius 3 is 2.60 bits per heavy atom. The van der Waals surface area contributed by atoms with E-state index in [1.807, 2.05) is 24.3 Å². The van der Waals surface area contributed by atoms with Crippen molar-refractivity contribution in [1.82, 2.24) is 4.98 Å². The molecular formula is C21H21NO3. The lowest BCUT2D eigenvalue weighted by atomic mass is 10.0. The molecule has 0 aliphatic heterocycles. The number of aryl methyl sites for hydroxylation is 1. The highest BCUT2D eigenvalue weighted by molar-refractivity contribution is 5.89. The summed E-state index contributed by atoms with van der Waals surface area (Å²) in [6.07, 6.45) is 4.59. The van der Waals surface area contributed by atoms with Crippen LogP contribution in [0.15, 0.2) is 59.5 Å². The van der Waals surface area contributed by atoms with Crippen LogP contribution in [0.2, 0.25) is 0 Å². The van der Waals surface area contributed by atoms with E-state index in [2.05, 4.69) is 11.9 Å². The summed E-state index contributed by atoms with van der Waals surface area (Å²) in [5.74, 6) is -0.375. The lowest BCUT2D eigenvalue weighted by Gasteiger charge is -2.09. The van der Waals surface area contributed by atoms with Crippen LogP contribution in [-0.2, 0) is 17.8 Å². The summed E-state index contributed by atoms with van der Waals surface area (Å²) in [5.41, 5.74) is 2.89. The molecule has 0 bridgehead atoms. The van der Waals surface area contributed by atoms with Gasteiger partial charge in [-0.25, -0.2) is 4.79 Å². The van der Waals surface area contributed by atoms with Crippen LogP contribution in [-0.4, -0.2) is 11.0 Å². The second-order valence-corrected chi connectivity index (χ2v) is 6.03. The number of aromatic nitrogens is 1. The topological polar surface area (TPSA) is 59.2 Å². The molecule has 1 heterocycles. The van der Waals surface area contributed by atoms with Gasteiger partial charge in [0, 0.05) is 22.7 Å². The van der Waals surface area contributed by atoms with Crippen molar-refractivity contribution in [2.75, 3.05) is 0 Å². The van der Waals surface area contributed by atoms with Gasteiger partial charge >= 0.3 is 5.97 Å². The van der Waals surface area contributed by atoms with Gasteiger partial charge in [0.2, 0.25) is 0 Å². The summed E-state index contributed by atoms with van der Waals surface area (Å²) in [7, 11) is 0. The molecule has 0 spiro atoms. The normalized spacial score (nSPS) is 10.8. The summed E-state index contributed by atoms with van der Waals surface area (Å²) >= 11 is 0. The Bertz CT molecular complexity index is 929. The van der Waals surface area contributed by atoms with Gasteiger partial charge in [-0.3, -0.25) is 4.79 Å². The first-order chi connectivity index (χ1) is 12.2. The first-order valence-corrected chi connectivity index (χ1v) is 8.55. The highest BCUT2D eigenvalue weighted by Crippen LogP contribution is 2.16. The van der Waals surface area contributed by atoms with Crippen LogP contribution >= 0.6 is 0 Å². The van der Waals surface area contributed by atoms with Gasteiger partial charge in [0.05, 0.1) is 11.1 Å². The minimum absolute atomic E-state index is 0.0541. The van der Waals surface area contributed by atoms with Crippen molar-refractivity contribution in [3.05, 3.63) is 81.6 Å². The van der Waals surface area contributed by atoms with E-state index in [0.29, 0.717) is 10.9 Å². The number of para-hydroxylation sites is 1. The second-order valence-electron chi connectivity index (χ2n) is 6.03. The van der Waals surface area contributed by atoms with Crippen LogP contribution in [0, 0.1) is 0 Å². The standard InChI is InChI=1S/C21H21NO3/c1-2-3-8-16-13-22-19-17(11-7-12-18(19)20(16)23)14-25-21(24)15-9-5-4-6-10-15/h4-7,9-13H,2-3,8,14H2,1H3,(H,22,23). The maximum Gasteiger partial charge on any atom is 0.338 e. The molecule has 0 aliphatic rings. The summed E-state index contributed by atoms with van der Waals surface area (Å²) in [6, 6.07) is 14.4. The number of rotatable bonds is 6. The van der Waals surface area contributed by atoms with E-state index in [0.717, 1.165) is 35.9 Å². The lowest BCUT2D eigenvalue weighted by Crippen LogP contribution is -2.12. The van der Waals surface area contributed by atoms with Gasteiger partial charge in [-0.05, 0) is 31.0 Å². The average molecular weight is 335 g/mol. The van der Waals surface area contributed by atoms with Crippen molar-refractivity contribution < 1.29 is 9.53 Å². The molecule has 3 aromatic rings. The number of unbranched alkanes of at least 4 members (excludes halogenated alkanes) is 1. The Kier molecular flexibility index (Phi) is 5.29. The van der Waals surface area contributed by atoms with Crippen molar-refractivity contribution >= 4 is 16.9 Å². The molecule has 0 radical (unpaired) electrons. The zero-order valence-electron chi connectivity index (χ0n) is 14.2. The van der Waals surface area contributed by atoms with E-state index < -0.39 is 0 Å². The fourth-order valence-corrected chi connectivity index (χ4v) is 2.83. The Morgan fingerprint density at radius 1 is 1.04 bits per heavy atom. The molecule has 2 aromatic carbocycles. The largest absolute Gasteiger partial charge is 0.457 e. The predicted octanol–water partition coefficient (Wildman–Crippen LogP) is 4.23. The van der Waals surface area contributed by atoms with E-state index >= 15 is 0 Å². The van der Waals surface area contributed by atoms with Crippen LogP contribution in [0.3, 0.4) is 0 Å². The lowest BCUT2D eigenvalue weighted by molar-refractivity contribution is 0.0474. The molecule has 128 valence electrons. The number of pyridine rings is 1. The van der Waals surface area contributed by atoms with E-state index in [1.165, 1.54) is 0 Å². The number of ether oxygens (including phenoxy) is 1. The Labute approximate surface area is 146 Å². The van der Waals surface area contributed by atoms with E-state index in [1.54, 1.807) is 30.5 Å². The number of benzene rings is 2. The molecule has 0 unspecified atom stereocenters. The Morgan fingerprint density at radius 2 is 1.84 bits per heavy atom. The Balaban J connectivity index is 1.84. The summed E-state index contributed by atoms with van der Waals surface area (Å²) in [5, 5.41) is 0.641. The number of carbonyl (C=O) groups excluding carboxylic acids is 1. The molecule has 0 amide bonds. The highest BCUT2D eigenvalue weighted by atomic mass is 16.5.